The zero-order valence-corrected chi connectivity index (χ0v) is 27.2. The van der Waals surface area contributed by atoms with Crippen molar-refractivity contribution in [2.45, 2.75) is 118 Å². The molecule has 3 unspecified atom stereocenters. The maximum atomic E-state index is 6.30. The van der Waals surface area contributed by atoms with Gasteiger partial charge >= 0.3 is 8.80 Å². The van der Waals surface area contributed by atoms with Crippen LogP contribution in [0.4, 0.5) is 0 Å². The fourth-order valence-corrected chi connectivity index (χ4v) is 13.3. The summed E-state index contributed by atoms with van der Waals surface area (Å²) in [4.78, 5) is 0. The average Bonchev–Trinajstić information content (AvgIpc) is 2.89. The van der Waals surface area contributed by atoms with Crippen LogP contribution in [0.5, 0.6) is 0 Å². The molecule has 0 spiro atoms. The van der Waals surface area contributed by atoms with E-state index in [0.29, 0.717) is 25.5 Å². The van der Waals surface area contributed by atoms with Crippen LogP contribution in [-0.2, 0) is 24.4 Å². The zero-order valence-electron chi connectivity index (χ0n) is 25.2. The number of hydrogen-bond acceptors (Lipinski definition) is 4. The van der Waals surface area contributed by atoms with Gasteiger partial charge in [0.2, 0.25) is 0 Å². The minimum atomic E-state index is -2.51. The van der Waals surface area contributed by atoms with Crippen LogP contribution in [0, 0.1) is 0 Å². The number of hydrogen-bond donors (Lipinski definition) is 0. The van der Waals surface area contributed by atoms with Crippen molar-refractivity contribution in [3.63, 3.8) is 0 Å². The lowest BCUT2D eigenvalue weighted by Gasteiger charge is -2.43. The molecule has 0 saturated carbocycles. The van der Waals surface area contributed by atoms with E-state index in [4.69, 9.17) is 18.0 Å². The molecule has 210 valence electrons. The second-order valence-corrected chi connectivity index (χ2v) is 16.8. The van der Waals surface area contributed by atoms with Gasteiger partial charge < -0.3 is 18.0 Å². The normalized spacial score (nSPS) is 14.9. The molecule has 0 saturated heterocycles. The van der Waals surface area contributed by atoms with E-state index in [9.17, 15) is 0 Å². The fraction of sp³-hybridized carbons (Fsp3) is 0.733. The van der Waals surface area contributed by atoms with E-state index >= 15 is 0 Å². The molecule has 3 atom stereocenters. The molecule has 0 aliphatic rings. The minimum absolute atomic E-state index is 0.395. The first kappa shape index (κ1) is 35.2. The van der Waals surface area contributed by atoms with E-state index < -0.39 is 16.9 Å². The predicted octanol–water partition coefficient (Wildman–Crippen LogP) is 8.01. The third-order valence-corrected chi connectivity index (χ3v) is 16.2. The number of ether oxygens (including phenoxy) is 1. The van der Waals surface area contributed by atoms with E-state index in [0.717, 1.165) is 12.1 Å². The quantitative estimate of drug-likeness (QED) is 0.167. The number of aryl methyl sites for hydroxylation is 1. The fourth-order valence-electron chi connectivity index (χ4n) is 5.17. The van der Waals surface area contributed by atoms with E-state index in [1.807, 2.05) is 20.8 Å². The number of rotatable bonds is 19. The van der Waals surface area contributed by atoms with Gasteiger partial charge in [-0.2, -0.15) is 0 Å². The molecule has 0 fully saturated rings. The van der Waals surface area contributed by atoms with Gasteiger partial charge in [0.1, 0.15) is 8.07 Å². The molecular formula is C30H58O4Si2. The summed E-state index contributed by atoms with van der Waals surface area (Å²) in [5.74, 6) is 0. The molecule has 0 heterocycles. The van der Waals surface area contributed by atoms with Crippen LogP contribution < -0.4 is 5.19 Å². The second kappa shape index (κ2) is 20.2. The van der Waals surface area contributed by atoms with Gasteiger partial charge in [-0.25, -0.2) is 0 Å². The van der Waals surface area contributed by atoms with Crippen LogP contribution in [-0.4, -0.2) is 49.0 Å². The molecule has 0 aromatic heterocycles. The maximum Gasteiger partial charge on any atom is 0.528 e. The molecule has 0 aliphatic heterocycles. The summed E-state index contributed by atoms with van der Waals surface area (Å²) >= 11 is 0. The molecule has 1 rings (SSSR count). The molecule has 0 amide bonds. The predicted molar refractivity (Wildman–Crippen MR) is 162 cm³/mol. The maximum absolute atomic E-state index is 6.30. The highest BCUT2D eigenvalue weighted by Crippen LogP contribution is 2.35. The lowest BCUT2D eigenvalue weighted by molar-refractivity contribution is 0.0844. The topological polar surface area (TPSA) is 36.9 Å². The van der Waals surface area contributed by atoms with Crippen molar-refractivity contribution in [3.05, 3.63) is 42.1 Å². The number of unbranched alkanes of at least 4 members (excludes halogenated alkanes) is 2. The first-order valence-electron chi connectivity index (χ1n) is 14.6. The van der Waals surface area contributed by atoms with Crippen molar-refractivity contribution >= 4 is 22.1 Å². The summed E-state index contributed by atoms with van der Waals surface area (Å²) < 4.78 is 22.6. The Balaban J connectivity index is 0.000000860. The van der Waals surface area contributed by atoms with E-state index in [1.165, 1.54) is 44.6 Å². The molecule has 6 heteroatoms. The van der Waals surface area contributed by atoms with Crippen LogP contribution in [0.3, 0.4) is 0 Å². The lowest BCUT2D eigenvalue weighted by Crippen LogP contribution is -2.61. The zero-order chi connectivity index (χ0) is 27.5. The smallest absolute Gasteiger partial charge is 0.382 e. The monoisotopic (exact) mass is 538 g/mol. The summed E-state index contributed by atoms with van der Waals surface area (Å²) in [6.45, 7) is 26.0. The summed E-state index contributed by atoms with van der Waals surface area (Å²) in [5, 5.41) is 1.70. The molecule has 4 nitrogen and oxygen atoms in total. The molecule has 0 radical (unpaired) electrons. The molecule has 0 aliphatic carbocycles. The van der Waals surface area contributed by atoms with Gasteiger partial charge in [-0.15, -0.1) is 0 Å². The highest BCUT2D eigenvalue weighted by molar-refractivity contribution is 6.94. The summed E-state index contributed by atoms with van der Waals surface area (Å²) in [6, 6.07) is 10.7. The van der Waals surface area contributed by atoms with E-state index in [1.54, 1.807) is 16.4 Å². The van der Waals surface area contributed by atoms with Crippen LogP contribution in [0.2, 0.25) is 11.6 Å². The van der Waals surface area contributed by atoms with Gasteiger partial charge in [0.05, 0.1) is 5.73 Å². The first-order chi connectivity index (χ1) is 17.3. The van der Waals surface area contributed by atoms with Crippen molar-refractivity contribution in [2.75, 3.05) is 26.4 Å². The number of benzene rings is 1. The average molecular weight is 539 g/mol. The largest absolute Gasteiger partial charge is 0.528 e. The Morgan fingerprint density at radius 2 is 1.36 bits per heavy atom. The molecular weight excluding hydrogens is 480 g/mol. The standard InChI is InChI=1S/C22H40OSi.C8H18O3Si/c1-7-11-15-21-16-13-14-17-22(21)24(18-12-8-2,19(5)9-3)20(6)23-10-4;1-5-9-12(8-4,10-6-2)11-7-3/h13-14,16-17,19-20H,7-12,15,18H2,1-6H3;8H,4-7H2,1-3H3. The second-order valence-electron chi connectivity index (χ2n) is 9.42. The minimum Gasteiger partial charge on any atom is -0.382 e. The molecule has 36 heavy (non-hydrogen) atoms. The van der Waals surface area contributed by atoms with Crippen LogP contribution in [0.15, 0.2) is 36.5 Å². The van der Waals surface area contributed by atoms with Crippen LogP contribution in [0.1, 0.15) is 100.0 Å². The third-order valence-electron chi connectivity index (χ3n) is 7.18. The van der Waals surface area contributed by atoms with Gasteiger partial charge in [-0.3, -0.25) is 0 Å². The Morgan fingerprint density at radius 1 is 0.806 bits per heavy atom. The summed E-state index contributed by atoms with van der Waals surface area (Å²) in [6.07, 6.45) is 7.65. The van der Waals surface area contributed by atoms with Crippen molar-refractivity contribution in [1.29, 1.82) is 0 Å². The van der Waals surface area contributed by atoms with Gasteiger partial charge in [-0.1, -0.05) is 95.5 Å². The van der Waals surface area contributed by atoms with Crippen molar-refractivity contribution in [1.82, 2.24) is 0 Å². The molecule has 1 aromatic carbocycles. The Labute approximate surface area is 226 Å². The van der Waals surface area contributed by atoms with Gasteiger partial charge in [0.15, 0.2) is 0 Å². The van der Waals surface area contributed by atoms with E-state index in [2.05, 4.69) is 72.4 Å². The van der Waals surface area contributed by atoms with E-state index in [-0.39, 0.29) is 0 Å². The highest BCUT2D eigenvalue weighted by atomic mass is 28.4. The third kappa shape index (κ3) is 10.5. The van der Waals surface area contributed by atoms with Gasteiger partial charge in [-0.05, 0) is 64.3 Å². The summed E-state index contributed by atoms with van der Waals surface area (Å²) in [5.41, 5.74) is 4.43. The Hall–Kier alpha value is -0.766. The van der Waals surface area contributed by atoms with Crippen molar-refractivity contribution in [3.8, 4) is 0 Å². The SMILES string of the molecule is C=C[Si](OCC)(OCC)OCC.CCCCc1ccccc1[Si](CCCC)(C(C)CC)C(C)OCC. The van der Waals surface area contributed by atoms with Crippen molar-refractivity contribution < 1.29 is 18.0 Å². The summed E-state index contributed by atoms with van der Waals surface area (Å²) in [7, 11) is -4.24. The van der Waals surface area contributed by atoms with Gasteiger partial charge in [0.25, 0.3) is 0 Å². The first-order valence-corrected chi connectivity index (χ1v) is 18.7. The Kier molecular flexibility index (Phi) is 19.8. The Bertz CT molecular complexity index is 668. The highest BCUT2D eigenvalue weighted by Gasteiger charge is 2.45. The lowest BCUT2D eigenvalue weighted by atomic mass is 10.1. The van der Waals surface area contributed by atoms with Gasteiger partial charge in [0, 0.05) is 26.4 Å². The molecule has 1 aromatic rings. The van der Waals surface area contributed by atoms with Crippen LogP contribution >= 0.6 is 0 Å². The van der Waals surface area contributed by atoms with Crippen molar-refractivity contribution in [2.24, 2.45) is 0 Å². The Morgan fingerprint density at radius 3 is 1.81 bits per heavy atom. The molecule has 0 bridgehead atoms. The van der Waals surface area contributed by atoms with Crippen LogP contribution in [0.25, 0.3) is 0 Å². The molecule has 0 N–H and O–H groups in total.